The molecule has 0 saturated carbocycles. The number of hydrogen-bond acceptors (Lipinski definition) is 4. The van der Waals surface area contributed by atoms with Gasteiger partial charge in [0.2, 0.25) is 9.84 Å². The van der Waals surface area contributed by atoms with Gasteiger partial charge in [-0.05, 0) is 70.0 Å². The molecule has 0 aliphatic heterocycles. The molecule has 3 aromatic rings. The topological polar surface area (TPSA) is 59.1 Å². The third-order valence-corrected chi connectivity index (χ3v) is 6.34. The van der Waals surface area contributed by atoms with Gasteiger partial charge >= 0.3 is 0 Å². The van der Waals surface area contributed by atoms with E-state index in [1.54, 1.807) is 36.4 Å². The Morgan fingerprint density at radius 3 is 1.96 bits per heavy atom. The second-order valence-electron chi connectivity index (χ2n) is 7.01. The third-order valence-electron chi connectivity index (χ3n) is 4.54. The Morgan fingerprint density at radius 1 is 0.778 bits per heavy atom. The van der Waals surface area contributed by atoms with Crippen LogP contribution >= 0.6 is 0 Å². The van der Waals surface area contributed by atoms with Crippen molar-refractivity contribution >= 4 is 21.3 Å². The van der Waals surface area contributed by atoms with E-state index in [2.05, 4.69) is 22.4 Å². The number of rotatable bonds is 4. The van der Waals surface area contributed by atoms with Crippen molar-refractivity contribution in [3.63, 3.8) is 0 Å². The van der Waals surface area contributed by atoms with Gasteiger partial charge in [0, 0.05) is 11.4 Å². The van der Waals surface area contributed by atoms with Crippen LogP contribution in [0.25, 0.3) is 0 Å². The molecule has 140 valence electrons. The van der Waals surface area contributed by atoms with Gasteiger partial charge in [0.05, 0.1) is 4.90 Å². The maximum Gasteiger partial charge on any atom is 0.210 e. The largest absolute Gasteiger partial charge is 0.339 e. The predicted octanol–water partition coefficient (Wildman–Crippen LogP) is 5.20. The van der Waals surface area contributed by atoms with Crippen LogP contribution in [0.4, 0.5) is 11.5 Å². The second-order valence-corrected chi connectivity index (χ2v) is 8.93. The van der Waals surface area contributed by atoms with Gasteiger partial charge in [-0.3, -0.25) is 0 Å². The summed E-state index contributed by atoms with van der Waals surface area (Å²) in [5, 5.41) is 3.27. The van der Waals surface area contributed by atoms with Gasteiger partial charge in [-0.2, -0.15) is 0 Å². The van der Waals surface area contributed by atoms with Gasteiger partial charge in [-0.15, -0.1) is 0 Å². The summed E-state index contributed by atoms with van der Waals surface area (Å²) in [4.78, 5) is 4.93. The average molecular weight is 381 g/mol. The maximum atomic E-state index is 13.2. The summed E-state index contributed by atoms with van der Waals surface area (Å²) in [5.41, 5.74) is 5.92. The van der Waals surface area contributed by atoms with Crippen molar-refractivity contribution in [1.82, 2.24) is 4.98 Å². The third kappa shape index (κ3) is 3.88. The standard InChI is InChI=1S/C22H24N2O2S/c1-14-6-9-19(10-7-14)27(25,26)20-11-8-18(5)23-22(20)24-21-16(3)12-15(2)13-17(21)4/h6-13H,1-5H3,(H,23,24). The number of pyridine rings is 1. The highest BCUT2D eigenvalue weighted by Crippen LogP contribution is 2.31. The monoisotopic (exact) mass is 380 g/mol. The molecule has 0 aliphatic rings. The molecule has 0 atom stereocenters. The van der Waals surface area contributed by atoms with Crippen LogP contribution in [0.15, 0.2) is 58.3 Å². The molecule has 1 aromatic heterocycles. The van der Waals surface area contributed by atoms with Gasteiger partial charge < -0.3 is 5.32 Å². The molecule has 27 heavy (non-hydrogen) atoms. The van der Waals surface area contributed by atoms with Crippen LogP contribution in [-0.2, 0) is 9.84 Å². The minimum atomic E-state index is -3.68. The van der Waals surface area contributed by atoms with Crippen LogP contribution in [0.5, 0.6) is 0 Å². The Labute approximate surface area is 161 Å². The lowest BCUT2D eigenvalue weighted by Gasteiger charge is -2.17. The first-order chi connectivity index (χ1) is 12.7. The molecule has 0 radical (unpaired) electrons. The summed E-state index contributed by atoms with van der Waals surface area (Å²) in [6.45, 7) is 9.84. The van der Waals surface area contributed by atoms with Crippen LogP contribution in [0, 0.1) is 34.6 Å². The Morgan fingerprint density at radius 2 is 1.37 bits per heavy atom. The molecule has 3 rings (SSSR count). The average Bonchev–Trinajstić information content (AvgIpc) is 2.58. The van der Waals surface area contributed by atoms with Crippen LogP contribution in [0.1, 0.15) is 27.9 Å². The fourth-order valence-electron chi connectivity index (χ4n) is 3.19. The minimum Gasteiger partial charge on any atom is -0.339 e. The van der Waals surface area contributed by atoms with Crippen molar-refractivity contribution in [2.45, 2.75) is 44.4 Å². The van der Waals surface area contributed by atoms with Crippen LogP contribution in [0.2, 0.25) is 0 Å². The number of hydrogen-bond donors (Lipinski definition) is 1. The van der Waals surface area contributed by atoms with Crippen molar-refractivity contribution < 1.29 is 8.42 Å². The number of aromatic nitrogens is 1. The van der Waals surface area contributed by atoms with Crippen molar-refractivity contribution in [3.05, 3.63) is 76.5 Å². The maximum absolute atomic E-state index is 13.2. The van der Waals surface area contributed by atoms with E-state index < -0.39 is 9.84 Å². The lowest BCUT2D eigenvalue weighted by atomic mass is 10.1. The van der Waals surface area contributed by atoms with E-state index in [1.807, 2.05) is 34.6 Å². The molecule has 0 bridgehead atoms. The smallest absolute Gasteiger partial charge is 0.210 e. The molecule has 4 nitrogen and oxygen atoms in total. The highest BCUT2D eigenvalue weighted by atomic mass is 32.2. The molecule has 1 heterocycles. The molecule has 0 aliphatic carbocycles. The summed E-state index contributed by atoms with van der Waals surface area (Å²) in [5.74, 6) is 0.352. The van der Waals surface area contributed by atoms with Crippen molar-refractivity contribution in [1.29, 1.82) is 0 Å². The molecular weight excluding hydrogens is 356 g/mol. The number of sulfone groups is 1. The van der Waals surface area contributed by atoms with Gasteiger partial charge in [0.15, 0.2) is 0 Å². The van der Waals surface area contributed by atoms with E-state index >= 15 is 0 Å². The summed E-state index contributed by atoms with van der Waals surface area (Å²) in [6, 6.07) is 14.4. The first-order valence-electron chi connectivity index (χ1n) is 8.83. The van der Waals surface area contributed by atoms with E-state index in [0.29, 0.717) is 5.82 Å². The molecule has 0 saturated heterocycles. The number of anilines is 2. The van der Waals surface area contributed by atoms with Crippen LogP contribution in [0.3, 0.4) is 0 Å². The number of nitrogens with zero attached hydrogens (tertiary/aromatic N) is 1. The first kappa shape index (κ1) is 19.1. The highest BCUT2D eigenvalue weighted by Gasteiger charge is 2.23. The fourth-order valence-corrected chi connectivity index (χ4v) is 4.54. The summed E-state index contributed by atoms with van der Waals surface area (Å²) in [6.07, 6.45) is 0. The van der Waals surface area contributed by atoms with Gasteiger partial charge in [-0.1, -0.05) is 35.4 Å². The molecule has 0 unspecified atom stereocenters. The van der Waals surface area contributed by atoms with Gasteiger partial charge in [-0.25, -0.2) is 13.4 Å². The van der Waals surface area contributed by atoms with Crippen LogP contribution < -0.4 is 5.32 Å². The van der Waals surface area contributed by atoms with Gasteiger partial charge in [0.25, 0.3) is 0 Å². The fraction of sp³-hybridized carbons (Fsp3) is 0.227. The zero-order valence-electron chi connectivity index (χ0n) is 16.3. The summed E-state index contributed by atoms with van der Waals surface area (Å²) < 4.78 is 26.4. The van der Waals surface area contributed by atoms with E-state index in [4.69, 9.17) is 0 Å². The van der Waals surface area contributed by atoms with Crippen molar-refractivity contribution in [2.75, 3.05) is 5.32 Å². The molecule has 1 N–H and O–H groups in total. The Bertz CT molecular complexity index is 1080. The lowest BCUT2D eigenvalue weighted by Crippen LogP contribution is -2.09. The predicted molar refractivity (Wildman–Crippen MR) is 110 cm³/mol. The highest BCUT2D eigenvalue weighted by molar-refractivity contribution is 7.91. The van der Waals surface area contributed by atoms with E-state index in [1.165, 1.54) is 5.56 Å². The SMILES string of the molecule is Cc1ccc(S(=O)(=O)c2ccc(C)nc2Nc2c(C)cc(C)cc2C)cc1. The Hall–Kier alpha value is -2.66. The zero-order chi connectivity index (χ0) is 19.8. The normalized spacial score (nSPS) is 11.4. The number of nitrogens with one attached hydrogen (secondary N) is 1. The van der Waals surface area contributed by atoms with Crippen molar-refractivity contribution in [3.8, 4) is 0 Å². The quantitative estimate of drug-likeness (QED) is 0.676. The second kappa shape index (κ2) is 7.16. The van der Waals surface area contributed by atoms with Crippen LogP contribution in [-0.4, -0.2) is 13.4 Å². The van der Waals surface area contributed by atoms with E-state index in [9.17, 15) is 8.42 Å². The zero-order valence-corrected chi connectivity index (χ0v) is 17.1. The Balaban J connectivity index is 2.13. The lowest BCUT2D eigenvalue weighted by molar-refractivity contribution is 0.596. The van der Waals surface area contributed by atoms with Gasteiger partial charge in [0.1, 0.15) is 10.7 Å². The van der Waals surface area contributed by atoms with E-state index in [0.717, 1.165) is 28.1 Å². The molecule has 0 spiro atoms. The summed E-state index contributed by atoms with van der Waals surface area (Å²) >= 11 is 0. The number of aryl methyl sites for hydroxylation is 5. The first-order valence-corrected chi connectivity index (χ1v) is 10.3. The number of benzene rings is 2. The molecule has 0 amide bonds. The summed E-state index contributed by atoms with van der Waals surface area (Å²) in [7, 11) is -3.68. The molecule has 0 fully saturated rings. The molecular formula is C22H24N2O2S. The molecule has 2 aromatic carbocycles. The van der Waals surface area contributed by atoms with E-state index in [-0.39, 0.29) is 9.79 Å². The minimum absolute atomic E-state index is 0.177. The molecule has 5 heteroatoms. The Kier molecular flexibility index (Phi) is 5.07. The van der Waals surface area contributed by atoms with Crippen molar-refractivity contribution in [2.24, 2.45) is 0 Å².